The summed E-state index contributed by atoms with van der Waals surface area (Å²) in [5.74, 6) is -0.00892. The van der Waals surface area contributed by atoms with Crippen molar-refractivity contribution in [2.75, 3.05) is 6.54 Å². The number of rotatable bonds is 5. The van der Waals surface area contributed by atoms with E-state index < -0.39 is 5.54 Å². The summed E-state index contributed by atoms with van der Waals surface area (Å²) in [6, 6.07) is 5.95. The molecule has 1 fully saturated rings. The molecule has 110 valence electrons. The lowest BCUT2D eigenvalue weighted by atomic mass is 9.98. The Hall–Kier alpha value is -1.62. The number of nitrogens with two attached hydrogens (primary N) is 1. The van der Waals surface area contributed by atoms with E-state index in [1.165, 1.54) is 12.1 Å². The summed E-state index contributed by atoms with van der Waals surface area (Å²) in [5.41, 5.74) is 5.34. The Balaban J connectivity index is 1.80. The minimum Gasteiger partial charge on any atom is -0.489 e. The van der Waals surface area contributed by atoms with Crippen molar-refractivity contribution >= 4 is 5.91 Å². The van der Waals surface area contributed by atoms with Gasteiger partial charge in [0, 0.05) is 6.07 Å². The van der Waals surface area contributed by atoms with Gasteiger partial charge >= 0.3 is 0 Å². The summed E-state index contributed by atoms with van der Waals surface area (Å²) in [7, 11) is 0. The Morgan fingerprint density at radius 3 is 2.85 bits per heavy atom. The highest BCUT2D eigenvalue weighted by Gasteiger charge is 2.36. The van der Waals surface area contributed by atoms with Crippen molar-refractivity contribution in [1.82, 2.24) is 5.32 Å². The van der Waals surface area contributed by atoms with Crippen molar-refractivity contribution in [2.24, 2.45) is 5.73 Å². The minimum atomic E-state index is -0.724. The molecule has 1 aromatic rings. The predicted molar refractivity (Wildman–Crippen MR) is 74.9 cm³/mol. The van der Waals surface area contributed by atoms with Crippen LogP contribution in [0.4, 0.5) is 4.39 Å². The van der Waals surface area contributed by atoms with Crippen LogP contribution in [0.2, 0.25) is 0 Å². The lowest BCUT2D eigenvalue weighted by molar-refractivity contribution is -0.126. The van der Waals surface area contributed by atoms with Gasteiger partial charge in [0.05, 0.1) is 12.1 Å². The molecule has 2 rings (SSSR count). The Morgan fingerprint density at radius 1 is 1.50 bits per heavy atom. The van der Waals surface area contributed by atoms with Gasteiger partial charge in [0.2, 0.25) is 5.91 Å². The van der Waals surface area contributed by atoms with Crippen LogP contribution in [0.1, 0.15) is 32.6 Å². The molecule has 5 heteroatoms. The van der Waals surface area contributed by atoms with Gasteiger partial charge in [-0.3, -0.25) is 4.79 Å². The van der Waals surface area contributed by atoms with Crippen molar-refractivity contribution in [3.63, 3.8) is 0 Å². The Morgan fingerprint density at radius 2 is 2.20 bits per heavy atom. The first-order valence-electron chi connectivity index (χ1n) is 6.99. The monoisotopic (exact) mass is 280 g/mol. The predicted octanol–water partition coefficient (Wildman–Crippen LogP) is 1.98. The third kappa shape index (κ3) is 3.70. The van der Waals surface area contributed by atoms with E-state index in [0.717, 1.165) is 25.7 Å². The van der Waals surface area contributed by atoms with Gasteiger partial charge in [-0.2, -0.15) is 0 Å². The van der Waals surface area contributed by atoms with E-state index in [0.29, 0.717) is 12.3 Å². The summed E-state index contributed by atoms with van der Waals surface area (Å²) >= 11 is 0. The smallest absolute Gasteiger partial charge is 0.240 e. The van der Waals surface area contributed by atoms with Crippen LogP contribution in [0.15, 0.2) is 24.3 Å². The maximum atomic E-state index is 13.0. The highest BCUT2D eigenvalue weighted by Crippen LogP contribution is 2.27. The third-order valence-electron chi connectivity index (χ3n) is 3.63. The molecule has 20 heavy (non-hydrogen) atoms. The number of halogens is 1. The molecule has 1 amide bonds. The Kier molecular flexibility index (Phi) is 4.60. The molecule has 0 radical (unpaired) electrons. The second-order valence-electron chi connectivity index (χ2n) is 5.46. The Bertz CT molecular complexity index is 473. The molecule has 0 aromatic heterocycles. The highest BCUT2D eigenvalue weighted by molar-refractivity contribution is 5.86. The van der Waals surface area contributed by atoms with E-state index in [1.54, 1.807) is 12.1 Å². The molecule has 1 atom stereocenters. The van der Waals surface area contributed by atoms with Crippen molar-refractivity contribution in [2.45, 2.75) is 44.2 Å². The van der Waals surface area contributed by atoms with E-state index >= 15 is 0 Å². The topological polar surface area (TPSA) is 64.4 Å². The van der Waals surface area contributed by atoms with Crippen molar-refractivity contribution in [3.05, 3.63) is 30.1 Å². The van der Waals surface area contributed by atoms with E-state index in [4.69, 9.17) is 10.5 Å². The Labute approximate surface area is 118 Å². The zero-order chi connectivity index (χ0) is 14.6. The van der Waals surface area contributed by atoms with Gasteiger partial charge in [0.15, 0.2) is 0 Å². The SMILES string of the molecule is CC(CNC(=O)C1(N)CCCC1)Oc1cccc(F)c1. The van der Waals surface area contributed by atoms with Gasteiger partial charge < -0.3 is 15.8 Å². The molecular weight excluding hydrogens is 259 g/mol. The van der Waals surface area contributed by atoms with E-state index in [9.17, 15) is 9.18 Å². The summed E-state index contributed by atoms with van der Waals surface area (Å²) < 4.78 is 18.6. The average Bonchev–Trinajstić information content (AvgIpc) is 2.84. The number of benzene rings is 1. The number of nitrogens with one attached hydrogen (secondary N) is 1. The average molecular weight is 280 g/mol. The summed E-state index contributed by atoms with van der Waals surface area (Å²) in [4.78, 5) is 12.0. The van der Waals surface area contributed by atoms with Gasteiger partial charge in [0.25, 0.3) is 0 Å². The van der Waals surface area contributed by atoms with Crippen molar-refractivity contribution in [1.29, 1.82) is 0 Å². The third-order valence-corrected chi connectivity index (χ3v) is 3.63. The first-order valence-corrected chi connectivity index (χ1v) is 6.99. The lowest BCUT2D eigenvalue weighted by Crippen LogP contribution is -2.53. The molecule has 1 aliphatic carbocycles. The van der Waals surface area contributed by atoms with Gasteiger partial charge in [-0.15, -0.1) is 0 Å². The summed E-state index contributed by atoms with van der Waals surface area (Å²) in [6.07, 6.45) is 3.22. The van der Waals surface area contributed by atoms with Crippen LogP contribution in [0.5, 0.6) is 5.75 Å². The second-order valence-corrected chi connectivity index (χ2v) is 5.46. The molecule has 4 nitrogen and oxygen atoms in total. The number of carbonyl (C=O) groups excluding carboxylic acids is 1. The fourth-order valence-corrected chi connectivity index (χ4v) is 2.46. The molecule has 0 spiro atoms. The van der Waals surface area contributed by atoms with Gasteiger partial charge in [-0.1, -0.05) is 18.9 Å². The van der Waals surface area contributed by atoms with Crippen LogP contribution in [0.25, 0.3) is 0 Å². The molecular formula is C15H21FN2O2. The zero-order valence-corrected chi connectivity index (χ0v) is 11.7. The van der Waals surface area contributed by atoms with Crippen molar-refractivity contribution < 1.29 is 13.9 Å². The van der Waals surface area contributed by atoms with Crippen LogP contribution in [-0.4, -0.2) is 24.1 Å². The van der Waals surface area contributed by atoms with Crippen LogP contribution in [-0.2, 0) is 4.79 Å². The number of carbonyl (C=O) groups is 1. The number of ether oxygens (including phenoxy) is 1. The highest BCUT2D eigenvalue weighted by atomic mass is 19.1. The van der Waals surface area contributed by atoms with E-state index in [-0.39, 0.29) is 17.8 Å². The first-order chi connectivity index (χ1) is 9.49. The van der Waals surface area contributed by atoms with Crippen LogP contribution in [0.3, 0.4) is 0 Å². The van der Waals surface area contributed by atoms with Crippen LogP contribution in [0, 0.1) is 5.82 Å². The lowest BCUT2D eigenvalue weighted by Gasteiger charge is -2.23. The second kappa shape index (κ2) is 6.22. The molecule has 1 aliphatic rings. The van der Waals surface area contributed by atoms with Crippen LogP contribution < -0.4 is 15.8 Å². The van der Waals surface area contributed by atoms with Crippen molar-refractivity contribution in [3.8, 4) is 5.75 Å². The maximum Gasteiger partial charge on any atom is 0.240 e. The zero-order valence-electron chi connectivity index (χ0n) is 11.7. The number of hydrogen-bond acceptors (Lipinski definition) is 3. The normalized spacial score (nSPS) is 18.6. The standard InChI is InChI=1S/C15H21FN2O2/c1-11(20-13-6-4-5-12(16)9-13)10-18-14(19)15(17)7-2-3-8-15/h4-6,9,11H,2-3,7-8,10,17H2,1H3,(H,18,19). The molecule has 1 saturated carbocycles. The number of amides is 1. The van der Waals surface area contributed by atoms with Gasteiger partial charge in [-0.25, -0.2) is 4.39 Å². The van der Waals surface area contributed by atoms with Crippen LogP contribution >= 0.6 is 0 Å². The molecule has 1 aromatic carbocycles. The van der Waals surface area contributed by atoms with E-state index in [2.05, 4.69) is 5.32 Å². The fourth-order valence-electron chi connectivity index (χ4n) is 2.46. The molecule has 0 aliphatic heterocycles. The van der Waals surface area contributed by atoms with Gasteiger partial charge in [-0.05, 0) is 31.9 Å². The molecule has 0 bridgehead atoms. The van der Waals surface area contributed by atoms with Gasteiger partial charge in [0.1, 0.15) is 17.7 Å². The summed E-state index contributed by atoms with van der Waals surface area (Å²) in [6.45, 7) is 2.18. The number of hydrogen-bond donors (Lipinski definition) is 2. The first kappa shape index (κ1) is 14.8. The summed E-state index contributed by atoms with van der Waals surface area (Å²) in [5, 5.41) is 2.82. The quantitative estimate of drug-likeness (QED) is 0.867. The maximum absolute atomic E-state index is 13.0. The molecule has 0 saturated heterocycles. The molecule has 1 unspecified atom stereocenters. The molecule has 0 heterocycles. The minimum absolute atomic E-state index is 0.121. The largest absolute Gasteiger partial charge is 0.489 e. The molecule has 3 N–H and O–H groups in total. The fraction of sp³-hybridized carbons (Fsp3) is 0.533. The van der Waals surface area contributed by atoms with E-state index in [1.807, 2.05) is 6.92 Å².